The Morgan fingerprint density at radius 2 is 1.84 bits per heavy atom. The number of rotatable bonds is 9. The average Bonchev–Trinajstić information content (AvgIpc) is 3.51. The number of halogens is 4. The lowest BCUT2D eigenvalue weighted by Gasteiger charge is -2.47. The summed E-state index contributed by atoms with van der Waals surface area (Å²) in [5.41, 5.74) is 1.22. The summed E-state index contributed by atoms with van der Waals surface area (Å²) in [4.78, 5) is 30.2. The molecule has 1 aromatic heterocycles. The van der Waals surface area contributed by atoms with Crippen LogP contribution < -0.4 is 0 Å². The van der Waals surface area contributed by atoms with Gasteiger partial charge in [-0.2, -0.15) is 18.3 Å². The van der Waals surface area contributed by atoms with Crippen LogP contribution in [-0.4, -0.2) is 101 Å². The van der Waals surface area contributed by atoms with Crippen LogP contribution in [0.15, 0.2) is 54.4 Å². The Bertz CT molecular complexity index is 1420. The van der Waals surface area contributed by atoms with Crippen LogP contribution in [0.2, 0.25) is 0 Å². The van der Waals surface area contributed by atoms with Gasteiger partial charge >= 0.3 is 12.1 Å². The van der Waals surface area contributed by atoms with E-state index >= 15 is 0 Å². The van der Waals surface area contributed by atoms with Crippen LogP contribution in [0.4, 0.5) is 13.2 Å². The second-order valence-corrected chi connectivity index (χ2v) is 12.1. The Labute approximate surface area is 266 Å². The SMILES string of the molecule is CCOC(=O)c1cnn(C2CCCN(C3=C(c4ccccc4)C=CC(Cl)(N4CCN(C(=O)CCOC)CC4)C3)C2)c1C(F)(F)F. The molecule has 2 unspecified atom stereocenters. The second kappa shape index (κ2) is 14.0. The molecule has 0 N–H and O–H groups in total. The van der Waals surface area contributed by atoms with E-state index < -0.39 is 34.4 Å². The van der Waals surface area contributed by atoms with Gasteiger partial charge in [-0.3, -0.25) is 14.4 Å². The average molecular weight is 650 g/mol. The van der Waals surface area contributed by atoms with Crippen molar-refractivity contribution in [3.8, 4) is 0 Å². The molecule has 0 saturated carbocycles. The number of alkyl halides is 4. The van der Waals surface area contributed by atoms with Gasteiger partial charge in [-0.05, 0) is 31.4 Å². The molecule has 13 heteroatoms. The maximum Gasteiger partial charge on any atom is 0.433 e. The first-order valence-corrected chi connectivity index (χ1v) is 15.7. The summed E-state index contributed by atoms with van der Waals surface area (Å²) in [7, 11) is 1.57. The minimum absolute atomic E-state index is 0.0399. The number of aromatic nitrogens is 2. The molecule has 1 aliphatic carbocycles. The first-order chi connectivity index (χ1) is 21.6. The number of amides is 1. The molecule has 0 spiro atoms. The van der Waals surface area contributed by atoms with E-state index in [9.17, 15) is 22.8 Å². The fourth-order valence-electron chi connectivity index (χ4n) is 6.43. The Hall–Kier alpha value is -3.35. The predicted octanol–water partition coefficient (Wildman–Crippen LogP) is 5.20. The van der Waals surface area contributed by atoms with E-state index in [1.54, 1.807) is 14.0 Å². The monoisotopic (exact) mass is 649 g/mol. The predicted molar refractivity (Wildman–Crippen MR) is 163 cm³/mol. The molecule has 1 aromatic carbocycles. The smallest absolute Gasteiger partial charge is 0.433 e. The molecule has 1 amide bonds. The first-order valence-electron chi connectivity index (χ1n) is 15.3. The number of hydrogen-bond donors (Lipinski definition) is 0. The molecular weight excluding hydrogens is 611 g/mol. The van der Waals surface area contributed by atoms with Gasteiger partial charge in [0.2, 0.25) is 5.91 Å². The molecule has 3 aliphatic rings. The number of allylic oxidation sites excluding steroid dienone is 2. The van der Waals surface area contributed by atoms with Crippen molar-refractivity contribution in [1.82, 2.24) is 24.5 Å². The molecule has 3 heterocycles. The van der Waals surface area contributed by atoms with Crippen LogP contribution in [0.1, 0.15) is 60.3 Å². The van der Waals surface area contributed by atoms with E-state index in [0.717, 1.165) is 27.7 Å². The van der Waals surface area contributed by atoms with Gasteiger partial charge in [0.25, 0.3) is 0 Å². The number of esters is 1. The van der Waals surface area contributed by atoms with Crippen molar-refractivity contribution in [2.75, 3.05) is 59.6 Å². The molecule has 2 aliphatic heterocycles. The summed E-state index contributed by atoms with van der Waals surface area (Å²) in [5.74, 6) is -0.990. The maximum absolute atomic E-state index is 14.3. The molecule has 0 radical (unpaired) electrons. The fourth-order valence-corrected chi connectivity index (χ4v) is 6.79. The third kappa shape index (κ3) is 7.23. The maximum atomic E-state index is 14.3. The fraction of sp³-hybridized carbons (Fsp3) is 0.531. The topological polar surface area (TPSA) is 80.1 Å². The summed E-state index contributed by atoms with van der Waals surface area (Å²) in [6.07, 6.45) is 2.03. The number of benzene rings is 1. The molecular formula is C32H39ClF3N5O4. The Balaban J connectivity index is 1.42. The lowest BCUT2D eigenvalue weighted by Crippen LogP contribution is -2.56. The Kier molecular flexibility index (Phi) is 10.2. The molecule has 2 aromatic rings. The van der Waals surface area contributed by atoms with E-state index in [-0.39, 0.29) is 19.1 Å². The Morgan fingerprint density at radius 1 is 1.11 bits per heavy atom. The second-order valence-electron chi connectivity index (χ2n) is 11.5. The van der Waals surface area contributed by atoms with Crippen molar-refractivity contribution in [1.29, 1.82) is 0 Å². The lowest BCUT2D eigenvalue weighted by molar-refractivity contribution is -0.146. The van der Waals surface area contributed by atoms with Gasteiger partial charge in [0, 0.05) is 64.1 Å². The summed E-state index contributed by atoms with van der Waals surface area (Å²) >= 11 is 7.38. The number of likely N-dealkylation sites (tertiary alicyclic amines) is 1. The molecule has 244 valence electrons. The number of methoxy groups -OCH3 is 1. The molecule has 0 bridgehead atoms. The number of ether oxygens (including phenoxy) is 2. The highest BCUT2D eigenvalue weighted by molar-refractivity contribution is 6.25. The quantitative estimate of drug-likeness (QED) is 0.210. The van der Waals surface area contributed by atoms with E-state index in [2.05, 4.69) is 14.9 Å². The largest absolute Gasteiger partial charge is 0.462 e. The number of nitrogens with zero attached hydrogens (tertiary/aromatic N) is 5. The van der Waals surface area contributed by atoms with Crippen molar-refractivity contribution in [3.63, 3.8) is 0 Å². The summed E-state index contributed by atoms with van der Waals surface area (Å²) in [6.45, 7) is 5.05. The highest BCUT2D eigenvalue weighted by Gasteiger charge is 2.44. The highest BCUT2D eigenvalue weighted by atomic mass is 35.5. The zero-order valence-corrected chi connectivity index (χ0v) is 26.3. The zero-order chi connectivity index (χ0) is 32.2. The number of hydrogen-bond acceptors (Lipinski definition) is 7. The van der Waals surface area contributed by atoms with Crippen molar-refractivity contribution < 1.29 is 32.2 Å². The summed E-state index contributed by atoms with van der Waals surface area (Å²) in [5, 5.41) is 4.07. The van der Waals surface area contributed by atoms with Crippen LogP contribution in [0.3, 0.4) is 0 Å². The molecule has 2 atom stereocenters. The van der Waals surface area contributed by atoms with Crippen molar-refractivity contribution >= 4 is 29.1 Å². The summed E-state index contributed by atoms with van der Waals surface area (Å²) in [6, 6.07) is 9.22. The van der Waals surface area contributed by atoms with Crippen LogP contribution in [-0.2, 0) is 20.4 Å². The van der Waals surface area contributed by atoms with Gasteiger partial charge < -0.3 is 19.3 Å². The van der Waals surface area contributed by atoms with Gasteiger partial charge in [-0.15, -0.1) is 0 Å². The lowest BCUT2D eigenvalue weighted by atomic mass is 9.90. The highest BCUT2D eigenvalue weighted by Crippen LogP contribution is 2.43. The van der Waals surface area contributed by atoms with Crippen LogP contribution >= 0.6 is 11.6 Å². The molecule has 2 saturated heterocycles. The van der Waals surface area contributed by atoms with E-state index in [0.29, 0.717) is 65.0 Å². The van der Waals surface area contributed by atoms with Crippen molar-refractivity contribution in [3.05, 3.63) is 71.2 Å². The van der Waals surface area contributed by atoms with Gasteiger partial charge in [0.1, 0.15) is 10.6 Å². The van der Waals surface area contributed by atoms with Crippen molar-refractivity contribution in [2.45, 2.75) is 49.8 Å². The molecule has 2 fully saturated rings. The van der Waals surface area contributed by atoms with Crippen LogP contribution in [0.5, 0.6) is 0 Å². The first kappa shape index (κ1) is 33.0. The van der Waals surface area contributed by atoms with Crippen LogP contribution in [0.25, 0.3) is 5.57 Å². The zero-order valence-electron chi connectivity index (χ0n) is 25.6. The minimum Gasteiger partial charge on any atom is -0.462 e. The normalized spacial score (nSPS) is 23.0. The van der Waals surface area contributed by atoms with Crippen molar-refractivity contribution in [2.24, 2.45) is 0 Å². The van der Waals surface area contributed by atoms with E-state index in [4.69, 9.17) is 21.1 Å². The molecule has 45 heavy (non-hydrogen) atoms. The third-order valence-electron chi connectivity index (χ3n) is 8.68. The molecule has 9 nitrogen and oxygen atoms in total. The van der Waals surface area contributed by atoms with Gasteiger partial charge in [0.15, 0.2) is 5.69 Å². The van der Waals surface area contributed by atoms with Gasteiger partial charge in [0.05, 0.1) is 31.9 Å². The standard InChI is InChI=1S/C32H39ClF3N5O4/c1-3-45-30(43)26-21-37-41(29(26)32(34,35)36)24-10-7-14-39(22-24)27-20-31(33,13-11-25(27)23-8-5-4-6-9-23)40-17-15-38(16-18-40)28(42)12-19-44-2/h4-6,8-9,11,13,21,24H,3,7,10,12,14-20,22H2,1-2H3. The number of carbonyl (C=O) groups excluding carboxylic acids is 2. The number of piperidine rings is 1. The van der Waals surface area contributed by atoms with Gasteiger partial charge in [-0.1, -0.05) is 48.0 Å². The summed E-state index contributed by atoms with van der Waals surface area (Å²) < 4.78 is 53.9. The minimum atomic E-state index is -4.79. The van der Waals surface area contributed by atoms with E-state index in [1.165, 1.54) is 0 Å². The van der Waals surface area contributed by atoms with E-state index in [1.807, 2.05) is 47.4 Å². The molecule has 5 rings (SSSR count). The number of piperazine rings is 1. The number of carbonyl (C=O) groups is 2. The third-order valence-corrected chi connectivity index (χ3v) is 9.18. The van der Waals surface area contributed by atoms with Gasteiger partial charge in [-0.25, -0.2) is 4.79 Å². The Morgan fingerprint density at radius 3 is 2.51 bits per heavy atom. The van der Waals surface area contributed by atoms with Crippen LogP contribution in [0, 0.1) is 0 Å².